The molecule has 24 heavy (non-hydrogen) atoms. The first-order valence-electron chi connectivity index (χ1n) is 6.98. The smallest absolute Gasteiger partial charge is 0.347 e. The minimum Gasteiger partial charge on any atom is -0.478 e. The summed E-state index contributed by atoms with van der Waals surface area (Å²) in [5, 5.41) is 9.81. The molecule has 118 valence electrons. The third-order valence-corrected chi connectivity index (χ3v) is 4.17. The van der Waals surface area contributed by atoms with Gasteiger partial charge < -0.3 is 14.5 Å². The highest BCUT2D eigenvalue weighted by Gasteiger charge is 2.13. The zero-order valence-electron chi connectivity index (χ0n) is 12.0. The standard InChI is InChI=1S/C17H9BrN2O4/c18-10-2-4-14-9(5-10)6-11(17(23)24-14)15-19-12-3-1-8(16(21)22)7-13(12)20-15/h1-7H,(H,19,20)(H,21,22). The quantitative estimate of drug-likeness (QED) is 0.512. The molecule has 0 unspecified atom stereocenters. The summed E-state index contributed by atoms with van der Waals surface area (Å²) >= 11 is 3.38. The Hall–Kier alpha value is -2.93. The average molecular weight is 385 g/mol. The van der Waals surface area contributed by atoms with Crippen LogP contribution in [0.1, 0.15) is 10.4 Å². The van der Waals surface area contributed by atoms with E-state index in [1.165, 1.54) is 12.1 Å². The van der Waals surface area contributed by atoms with Crippen LogP contribution in [0, 0.1) is 0 Å². The SMILES string of the molecule is O=C(O)c1ccc2nc(-c3cc4cc(Br)ccc4oc3=O)[nH]c2c1. The number of H-pyrrole nitrogens is 1. The molecule has 0 spiro atoms. The van der Waals surface area contributed by atoms with Crippen molar-refractivity contribution in [3.63, 3.8) is 0 Å². The largest absolute Gasteiger partial charge is 0.478 e. The van der Waals surface area contributed by atoms with E-state index in [0.717, 1.165) is 9.86 Å². The van der Waals surface area contributed by atoms with E-state index in [-0.39, 0.29) is 11.1 Å². The molecule has 0 aliphatic carbocycles. The van der Waals surface area contributed by atoms with Gasteiger partial charge in [-0.1, -0.05) is 15.9 Å². The molecule has 4 rings (SSSR count). The first-order chi connectivity index (χ1) is 11.5. The highest BCUT2D eigenvalue weighted by Crippen LogP contribution is 2.24. The monoisotopic (exact) mass is 384 g/mol. The van der Waals surface area contributed by atoms with E-state index >= 15 is 0 Å². The van der Waals surface area contributed by atoms with Gasteiger partial charge in [-0.25, -0.2) is 14.6 Å². The van der Waals surface area contributed by atoms with E-state index in [0.29, 0.717) is 22.4 Å². The van der Waals surface area contributed by atoms with Gasteiger partial charge in [-0.15, -0.1) is 0 Å². The molecule has 4 aromatic rings. The first kappa shape index (κ1) is 14.6. The molecule has 2 aromatic heterocycles. The summed E-state index contributed by atoms with van der Waals surface area (Å²) in [6.45, 7) is 0. The number of nitrogens with zero attached hydrogens (tertiary/aromatic N) is 1. The van der Waals surface area contributed by atoms with Gasteiger partial charge in [0.2, 0.25) is 0 Å². The van der Waals surface area contributed by atoms with Gasteiger partial charge in [0.1, 0.15) is 17.0 Å². The highest BCUT2D eigenvalue weighted by atomic mass is 79.9. The van der Waals surface area contributed by atoms with Crippen LogP contribution in [0.25, 0.3) is 33.4 Å². The normalized spacial score (nSPS) is 11.2. The molecule has 2 aromatic carbocycles. The van der Waals surface area contributed by atoms with Crippen molar-refractivity contribution in [3.05, 3.63) is 62.9 Å². The van der Waals surface area contributed by atoms with Crippen molar-refractivity contribution in [2.45, 2.75) is 0 Å². The van der Waals surface area contributed by atoms with Crippen molar-refractivity contribution in [1.82, 2.24) is 9.97 Å². The molecule has 0 radical (unpaired) electrons. The molecule has 0 atom stereocenters. The van der Waals surface area contributed by atoms with Crippen LogP contribution in [0.4, 0.5) is 0 Å². The lowest BCUT2D eigenvalue weighted by Gasteiger charge is -2.00. The number of hydrogen-bond acceptors (Lipinski definition) is 4. The van der Waals surface area contributed by atoms with Crippen LogP contribution in [-0.4, -0.2) is 21.0 Å². The molecule has 7 heteroatoms. The number of fused-ring (bicyclic) bond motifs is 2. The van der Waals surface area contributed by atoms with Gasteiger partial charge >= 0.3 is 11.6 Å². The number of imidazole rings is 1. The van der Waals surface area contributed by atoms with E-state index in [9.17, 15) is 9.59 Å². The molecule has 0 fully saturated rings. The van der Waals surface area contributed by atoms with Crippen molar-refractivity contribution in [2.75, 3.05) is 0 Å². The predicted octanol–water partition coefficient (Wildman–Crippen LogP) is 3.80. The Morgan fingerprint density at radius 1 is 1.17 bits per heavy atom. The lowest BCUT2D eigenvalue weighted by atomic mass is 10.2. The van der Waals surface area contributed by atoms with E-state index in [2.05, 4.69) is 25.9 Å². The van der Waals surface area contributed by atoms with Crippen molar-refractivity contribution >= 4 is 43.9 Å². The van der Waals surface area contributed by atoms with Crippen LogP contribution in [0.3, 0.4) is 0 Å². The minimum atomic E-state index is -1.02. The van der Waals surface area contributed by atoms with Crippen LogP contribution in [0.15, 0.2) is 56.1 Å². The maximum atomic E-state index is 12.2. The van der Waals surface area contributed by atoms with Gasteiger partial charge in [0, 0.05) is 9.86 Å². The zero-order valence-corrected chi connectivity index (χ0v) is 13.6. The van der Waals surface area contributed by atoms with Gasteiger partial charge in [-0.2, -0.15) is 0 Å². The molecule has 0 aliphatic rings. The minimum absolute atomic E-state index is 0.146. The van der Waals surface area contributed by atoms with E-state index in [4.69, 9.17) is 9.52 Å². The second kappa shape index (κ2) is 5.31. The lowest BCUT2D eigenvalue weighted by Crippen LogP contribution is -2.03. The maximum Gasteiger partial charge on any atom is 0.347 e. The Morgan fingerprint density at radius 3 is 2.79 bits per heavy atom. The fourth-order valence-electron chi connectivity index (χ4n) is 2.53. The van der Waals surface area contributed by atoms with Crippen LogP contribution in [0.2, 0.25) is 0 Å². The number of halogens is 1. The summed E-state index contributed by atoms with van der Waals surface area (Å²) in [5.74, 6) is -0.689. The van der Waals surface area contributed by atoms with Crippen molar-refractivity contribution in [2.24, 2.45) is 0 Å². The van der Waals surface area contributed by atoms with Gasteiger partial charge in [-0.05, 0) is 42.5 Å². The predicted molar refractivity (Wildman–Crippen MR) is 92.2 cm³/mol. The van der Waals surface area contributed by atoms with Gasteiger partial charge in [0.05, 0.1) is 16.6 Å². The number of aromatic nitrogens is 2. The maximum absolute atomic E-state index is 12.2. The van der Waals surface area contributed by atoms with E-state index in [1.807, 2.05) is 6.07 Å². The van der Waals surface area contributed by atoms with Crippen molar-refractivity contribution in [1.29, 1.82) is 0 Å². The molecule has 0 saturated heterocycles. The van der Waals surface area contributed by atoms with Crippen LogP contribution in [-0.2, 0) is 0 Å². The summed E-state index contributed by atoms with van der Waals surface area (Å²) in [4.78, 5) is 30.6. The lowest BCUT2D eigenvalue weighted by molar-refractivity contribution is 0.0697. The molecule has 6 nitrogen and oxygen atoms in total. The number of benzene rings is 2. The summed E-state index contributed by atoms with van der Waals surface area (Å²) in [6.07, 6.45) is 0. The average Bonchev–Trinajstić information content (AvgIpc) is 2.97. The Morgan fingerprint density at radius 2 is 2.00 bits per heavy atom. The molecule has 2 heterocycles. The Balaban J connectivity index is 1.93. The number of nitrogens with one attached hydrogen (secondary N) is 1. The van der Waals surface area contributed by atoms with Crippen LogP contribution in [0.5, 0.6) is 0 Å². The number of hydrogen-bond donors (Lipinski definition) is 2. The summed E-state index contributed by atoms with van der Waals surface area (Å²) in [5.41, 5.74) is 1.52. The van der Waals surface area contributed by atoms with Gasteiger partial charge in [0.15, 0.2) is 0 Å². The fraction of sp³-hybridized carbons (Fsp3) is 0. The first-order valence-corrected chi connectivity index (χ1v) is 7.77. The topological polar surface area (TPSA) is 96.2 Å². The van der Waals surface area contributed by atoms with E-state index in [1.54, 1.807) is 24.3 Å². The number of aromatic carboxylic acids is 1. The highest BCUT2D eigenvalue weighted by molar-refractivity contribution is 9.10. The molecule has 0 saturated carbocycles. The zero-order chi connectivity index (χ0) is 16.8. The number of carboxylic acids is 1. The number of carboxylic acid groups (broad SMARTS) is 1. The Kier molecular flexibility index (Phi) is 3.24. The van der Waals surface area contributed by atoms with Crippen LogP contribution >= 0.6 is 15.9 Å². The molecule has 2 N–H and O–H groups in total. The fourth-order valence-corrected chi connectivity index (χ4v) is 2.91. The number of carbonyl (C=O) groups is 1. The third kappa shape index (κ3) is 2.39. The molecular weight excluding hydrogens is 376 g/mol. The Bertz CT molecular complexity index is 1180. The third-order valence-electron chi connectivity index (χ3n) is 3.68. The molecule has 0 aliphatic heterocycles. The summed E-state index contributed by atoms with van der Waals surface area (Å²) in [7, 11) is 0. The second-order valence-electron chi connectivity index (χ2n) is 5.25. The molecule has 0 amide bonds. The second-order valence-corrected chi connectivity index (χ2v) is 6.17. The van der Waals surface area contributed by atoms with Crippen molar-refractivity contribution in [3.8, 4) is 11.4 Å². The van der Waals surface area contributed by atoms with Crippen molar-refractivity contribution < 1.29 is 14.3 Å². The molecular formula is C17H9BrN2O4. The Labute approximate surface area is 142 Å². The summed E-state index contributed by atoms with van der Waals surface area (Å²) < 4.78 is 6.20. The number of aromatic amines is 1. The van der Waals surface area contributed by atoms with E-state index < -0.39 is 11.6 Å². The van der Waals surface area contributed by atoms with Gasteiger partial charge in [-0.3, -0.25) is 0 Å². The molecule has 0 bridgehead atoms. The summed E-state index contributed by atoms with van der Waals surface area (Å²) in [6, 6.07) is 11.6. The van der Waals surface area contributed by atoms with Gasteiger partial charge in [0.25, 0.3) is 0 Å². The van der Waals surface area contributed by atoms with Crippen LogP contribution < -0.4 is 5.63 Å². The number of rotatable bonds is 2.